The fourth-order valence-electron chi connectivity index (χ4n) is 2.47. The fraction of sp³-hybridized carbons (Fsp3) is 0.167. The van der Waals surface area contributed by atoms with Crippen LogP contribution >= 0.6 is 0 Å². The Bertz CT molecular complexity index is 1040. The number of aromatic amines is 1. The lowest BCUT2D eigenvalue weighted by Gasteiger charge is -2.09. The number of non-ortho nitro benzene ring substituents is 1. The maximum Gasteiger partial charge on any atom is 0.295 e. The second-order valence-corrected chi connectivity index (χ2v) is 6.01. The van der Waals surface area contributed by atoms with Crippen molar-refractivity contribution in [2.75, 3.05) is 0 Å². The van der Waals surface area contributed by atoms with E-state index in [9.17, 15) is 20.0 Å². The number of aromatic nitrogens is 1. The highest BCUT2D eigenvalue weighted by Crippen LogP contribution is 2.37. The minimum atomic E-state index is -0.620. The molecule has 0 radical (unpaired) electrons. The molecule has 138 valence electrons. The molecule has 0 bridgehead atoms. The average Bonchev–Trinajstić information content (AvgIpc) is 2.94. The van der Waals surface area contributed by atoms with Crippen LogP contribution in [-0.2, 0) is 0 Å². The van der Waals surface area contributed by atoms with Gasteiger partial charge in [-0.25, -0.2) is 0 Å². The Labute approximate surface area is 153 Å². The smallest absolute Gasteiger partial charge is 0.295 e. The van der Waals surface area contributed by atoms with Crippen molar-refractivity contribution >= 4 is 28.2 Å². The summed E-state index contributed by atoms with van der Waals surface area (Å²) in [6, 6.07) is 10.4. The number of nitro groups is 1. The molecule has 9 nitrogen and oxygen atoms in total. The molecule has 3 aromatic rings. The van der Waals surface area contributed by atoms with Crippen molar-refractivity contribution < 1.29 is 19.6 Å². The molecule has 0 unspecified atom stereocenters. The SMILES string of the molecule is CC(C)Oc1ccc(C(=O)N=Nc2c(O)[nH]c3ccc([N+](=O)[O-])cc23)cc1. The molecular weight excluding hydrogens is 352 g/mol. The Morgan fingerprint density at radius 3 is 2.56 bits per heavy atom. The lowest BCUT2D eigenvalue weighted by Crippen LogP contribution is -2.05. The van der Waals surface area contributed by atoms with Crippen LogP contribution in [0.25, 0.3) is 10.9 Å². The molecule has 0 aliphatic rings. The van der Waals surface area contributed by atoms with Gasteiger partial charge in [-0.3, -0.25) is 14.9 Å². The van der Waals surface area contributed by atoms with E-state index in [1.165, 1.54) is 18.2 Å². The predicted molar refractivity (Wildman–Crippen MR) is 97.7 cm³/mol. The summed E-state index contributed by atoms with van der Waals surface area (Å²) in [4.78, 5) is 25.2. The van der Waals surface area contributed by atoms with Crippen molar-refractivity contribution in [1.29, 1.82) is 0 Å². The largest absolute Gasteiger partial charge is 0.493 e. The van der Waals surface area contributed by atoms with E-state index in [1.54, 1.807) is 24.3 Å². The van der Waals surface area contributed by atoms with Gasteiger partial charge in [-0.15, -0.1) is 10.2 Å². The summed E-state index contributed by atoms with van der Waals surface area (Å²) in [5.74, 6) is -0.326. The Morgan fingerprint density at radius 2 is 1.93 bits per heavy atom. The van der Waals surface area contributed by atoms with Crippen molar-refractivity contribution in [2.45, 2.75) is 20.0 Å². The van der Waals surface area contributed by atoms with Gasteiger partial charge in [0, 0.05) is 23.1 Å². The topological polar surface area (TPSA) is 130 Å². The minimum Gasteiger partial charge on any atom is -0.493 e. The van der Waals surface area contributed by atoms with Crippen LogP contribution in [0.2, 0.25) is 0 Å². The van der Waals surface area contributed by atoms with Gasteiger partial charge in [0.25, 0.3) is 11.6 Å². The number of ether oxygens (including phenoxy) is 1. The van der Waals surface area contributed by atoms with E-state index in [1.807, 2.05) is 13.8 Å². The number of azo groups is 1. The number of carbonyl (C=O) groups excluding carboxylic acids is 1. The highest BCUT2D eigenvalue weighted by molar-refractivity contribution is 5.97. The highest BCUT2D eigenvalue weighted by atomic mass is 16.6. The first-order valence-corrected chi connectivity index (χ1v) is 8.07. The molecule has 0 aliphatic carbocycles. The molecular formula is C18H16N4O5. The van der Waals surface area contributed by atoms with Crippen LogP contribution < -0.4 is 4.74 Å². The van der Waals surface area contributed by atoms with Gasteiger partial charge in [0.15, 0.2) is 5.69 Å². The van der Waals surface area contributed by atoms with Crippen molar-refractivity contribution in [3.05, 3.63) is 58.1 Å². The van der Waals surface area contributed by atoms with Gasteiger partial charge in [0.05, 0.1) is 16.5 Å². The second kappa shape index (κ2) is 7.24. The first-order chi connectivity index (χ1) is 12.8. The standard InChI is InChI=1S/C18H16N4O5/c1-10(2)27-13-6-3-11(4-7-13)17(23)21-20-16-14-9-12(22(25)26)5-8-15(14)19-18(16)24/h3-10,19,24H,1-2H3. The molecule has 2 N–H and O–H groups in total. The molecule has 0 saturated carbocycles. The number of carbonyl (C=O) groups is 1. The molecule has 27 heavy (non-hydrogen) atoms. The number of nitro benzene ring substituents is 1. The second-order valence-electron chi connectivity index (χ2n) is 6.01. The average molecular weight is 368 g/mol. The number of hydrogen-bond acceptors (Lipinski definition) is 6. The maximum absolute atomic E-state index is 12.2. The summed E-state index contributed by atoms with van der Waals surface area (Å²) in [6.07, 6.45) is 0.0140. The number of rotatable bonds is 5. The zero-order chi connectivity index (χ0) is 19.6. The Morgan fingerprint density at radius 1 is 1.22 bits per heavy atom. The number of aromatic hydroxyl groups is 1. The van der Waals surface area contributed by atoms with Gasteiger partial charge in [0.1, 0.15) is 5.75 Å². The molecule has 9 heteroatoms. The minimum absolute atomic E-state index is 0.0140. The Hall–Kier alpha value is -3.75. The molecule has 2 aromatic carbocycles. The van der Waals surface area contributed by atoms with Gasteiger partial charge in [0.2, 0.25) is 5.88 Å². The fourth-order valence-corrected chi connectivity index (χ4v) is 2.47. The monoisotopic (exact) mass is 368 g/mol. The molecule has 0 fully saturated rings. The highest BCUT2D eigenvalue weighted by Gasteiger charge is 2.15. The van der Waals surface area contributed by atoms with Crippen LogP contribution in [0.5, 0.6) is 11.6 Å². The van der Waals surface area contributed by atoms with Crippen molar-refractivity contribution in [3.63, 3.8) is 0 Å². The summed E-state index contributed by atoms with van der Waals surface area (Å²) < 4.78 is 5.50. The third-order valence-electron chi connectivity index (χ3n) is 3.66. The zero-order valence-electron chi connectivity index (χ0n) is 14.5. The van der Waals surface area contributed by atoms with Crippen molar-refractivity contribution in [3.8, 4) is 11.6 Å². The van der Waals surface area contributed by atoms with Crippen LogP contribution in [0.3, 0.4) is 0 Å². The Balaban J connectivity index is 1.86. The van der Waals surface area contributed by atoms with Gasteiger partial charge in [-0.05, 0) is 44.2 Å². The third kappa shape index (κ3) is 3.92. The lowest BCUT2D eigenvalue weighted by atomic mass is 10.2. The van der Waals surface area contributed by atoms with Crippen LogP contribution in [0.15, 0.2) is 52.7 Å². The lowest BCUT2D eigenvalue weighted by molar-refractivity contribution is -0.384. The molecule has 1 heterocycles. The van der Waals surface area contributed by atoms with Gasteiger partial charge >= 0.3 is 0 Å². The Kier molecular flexibility index (Phi) is 4.84. The molecule has 0 atom stereocenters. The normalized spacial score (nSPS) is 11.4. The van der Waals surface area contributed by atoms with E-state index in [2.05, 4.69) is 15.2 Å². The molecule has 1 amide bonds. The summed E-state index contributed by atoms with van der Waals surface area (Å²) in [7, 11) is 0. The first kappa shape index (κ1) is 18.1. The summed E-state index contributed by atoms with van der Waals surface area (Å²) in [6.45, 7) is 3.79. The van der Waals surface area contributed by atoms with Gasteiger partial charge < -0.3 is 14.8 Å². The number of hydrogen-bond donors (Lipinski definition) is 2. The quantitative estimate of drug-likeness (QED) is 0.389. The summed E-state index contributed by atoms with van der Waals surface area (Å²) in [5.41, 5.74) is 0.529. The van der Waals surface area contributed by atoms with Crippen molar-refractivity contribution in [2.24, 2.45) is 10.2 Å². The molecule has 3 rings (SSSR count). The third-order valence-corrected chi connectivity index (χ3v) is 3.66. The van der Waals surface area contributed by atoms with E-state index in [0.717, 1.165) is 0 Å². The van der Waals surface area contributed by atoms with E-state index in [-0.39, 0.29) is 23.4 Å². The molecule has 1 aromatic heterocycles. The van der Waals surface area contributed by atoms with E-state index in [4.69, 9.17) is 4.74 Å². The van der Waals surface area contributed by atoms with E-state index >= 15 is 0 Å². The number of fused-ring (bicyclic) bond motifs is 1. The van der Waals surface area contributed by atoms with E-state index < -0.39 is 10.8 Å². The summed E-state index contributed by atoms with van der Waals surface area (Å²) in [5, 5.41) is 28.6. The number of nitrogens with zero attached hydrogens (tertiary/aromatic N) is 3. The van der Waals surface area contributed by atoms with E-state index in [0.29, 0.717) is 22.2 Å². The number of nitrogens with one attached hydrogen (secondary N) is 1. The van der Waals surface area contributed by atoms with Crippen molar-refractivity contribution in [1.82, 2.24) is 4.98 Å². The molecule has 0 spiro atoms. The van der Waals surface area contributed by atoms with Crippen LogP contribution in [0.1, 0.15) is 24.2 Å². The van der Waals surface area contributed by atoms with Gasteiger partial charge in [-0.2, -0.15) is 0 Å². The van der Waals surface area contributed by atoms with Crippen LogP contribution in [0, 0.1) is 10.1 Å². The van der Waals surface area contributed by atoms with Gasteiger partial charge in [-0.1, -0.05) is 0 Å². The van der Waals surface area contributed by atoms with Crippen LogP contribution in [-0.4, -0.2) is 27.0 Å². The maximum atomic E-state index is 12.2. The molecule has 0 aliphatic heterocycles. The van der Waals surface area contributed by atoms with Crippen LogP contribution in [0.4, 0.5) is 11.4 Å². The first-order valence-electron chi connectivity index (χ1n) is 8.07. The predicted octanol–water partition coefficient (Wildman–Crippen LogP) is 4.49. The number of amides is 1. The number of H-pyrrole nitrogens is 1. The zero-order valence-corrected chi connectivity index (χ0v) is 14.5. The molecule has 0 saturated heterocycles. The summed E-state index contributed by atoms with van der Waals surface area (Å²) >= 11 is 0. The number of benzene rings is 2.